The van der Waals surface area contributed by atoms with Crippen LogP contribution in [0.5, 0.6) is 0 Å². The van der Waals surface area contributed by atoms with E-state index < -0.39 is 17.9 Å². The van der Waals surface area contributed by atoms with E-state index in [1.165, 1.54) is 14.0 Å². The number of aliphatic carboxylic acids is 1. The molecule has 5 nitrogen and oxygen atoms in total. The van der Waals surface area contributed by atoms with Crippen molar-refractivity contribution in [2.45, 2.75) is 26.2 Å². The molecule has 0 aliphatic heterocycles. The monoisotopic (exact) mass is 202 g/mol. The normalized spacial score (nSPS) is 11.9. The molecule has 0 rings (SSSR count). The van der Waals surface area contributed by atoms with E-state index in [0.29, 0.717) is 0 Å². The second kappa shape index (κ2) is 6.12. The third kappa shape index (κ3) is 4.59. The van der Waals surface area contributed by atoms with Gasteiger partial charge in [-0.2, -0.15) is 0 Å². The average molecular weight is 202 g/mol. The summed E-state index contributed by atoms with van der Waals surface area (Å²) in [5, 5.41) is 8.32. The molecule has 1 unspecified atom stereocenters. The molecule has 5 heteroatoms. The third-order valence-electron chi connectivity index (χ3n) is 1.85. The molecule has 80 valence electrons. The molecule has 0 heterocycles. The first-order valence-corrected chi connectivity index (χ1v) is 4.31. The van der Waals surface area contributed by atoms with Gasteiger partial charge in [0.1, 0.15) is 11.7 Å². The largest absolute Gasteiger partial charge is 0.481 e. The Balaban J connectivity index is 3.84. The molecule has 0 saturated carbocycles. The van der Waals surface area contributed by atoms with Crippen molar-refractivity contribution in [3.63, 3.8) is 0 Å². The summed E-state index contributed by atoms with van der Waals surface area (Å²) in [5.41, 5.74) is 0. The number of ketones is 1. The van der Waals surface area contributed by atoms with Crippen molar-refractivity contribution >= 4 is 17.7 Å². The molecular formula is C9H14O5. The van der Waals surface area contributed by atoms with Crippen molar-refractivity contribution in [2.24, 2.45) is 5.92 Å². The fraction of sp³-hybridized carbons (Fsp3) is 0.667. The van der Waals surface area contributed by atoms with Gasteiger partial charge < -0.3 is 9.84 Å². The fourth-order valence-corrected chi connectivity index (χ4v) is 0.939. The summed E-state index contributed by atoms with van der Waals surface area (Å²) < 4.78 is 4.38. The molecule has 0 bridgehead atoms. The van der Waals surface area contributed by atoms with Crippen LogP contribution in [0.15, 0.2) is 0 Å². The Bertz CT molecular complexity index is 233. The van der Waals surface area contributed by atoms with Crippen LogP contribution in [0, 0.1) is 5.92 Å². The summed E-state index contributed by atoms with van der Waals surface area (Å²) in [5.74, 6) is -2.60. The van der Waals surface area contributed by atoms with E-state index in [4.69, 9.17) is 5.11 Å². The van der Waals surface area contributed by atoms with Crippen LogP contribution in [-0.2, 0) is 19.1 Å². The lowest BCUT2D eigenvalue weighted by atomic mass is 10.0. The van der Waals surface area contributed by atoms with E-state index in [1.807, 2.05) is 0 Å². The highest BCUT2D eigenvalue weighted by atomic mass is 16.5. The highest BCUT2D eigenvalue weighted by Crippen LogP contribution is 2.06. The standard InChI is InChI=1S/C9H14O5/c1-6(9(13)14-2)7(10)4-3-5-8(11)12/h6H,3-5H2,1-2H3,(H,11,12). The third-order valence-corrected chi connectivity index (χ3v) is 1.85. The van der Waals surface area contributed by atoms with Gasteiger partial charge in [0.25, 0.3) is 0 Å². The van der Waals surface area contributed by atoms with Crippen LogP contribution in [0.25, 0.3) is 0 Å². The number of carboxylic acid groups (broad SMARTS) is 1. The van der Waals surface area contributed by atoms with Crippen LogP contribution in [0.3, 0.4) is 0 Å². The number of carboxylic acids is 1. The Morgan fingerprint density at radius 3 is 2.29 bits per heavy atom. The van der Waals surface area contributed by atoms with Crippen molar-refractivity contribution < 1.29 is 24.2 Å². The van der Waals surface area contributed by atoms with Gasteiger partial charge in [-0.3, -0.25) is 14.4 Å². The lowest BCUT2D eigenvalue weighted by molar-refractivity contribution is -0.148. The van der Waals surface area contributed by atoms with Gasteiger partial charge in [-0.25, -0.2) is 0 Å². The number of hydrogen-bond acceptors (Lipinski definition) is 4. The minimum Gasteiger partial charge on any atom is -0.481 e. The number of Topliss-reactive ketones (excluding diaryl/α,β-unsaturated/α-hetero) is 1. The van der Waals surface area contributed by atoms with E-state index in [2.05, 4.69) is 4.74 Å². The first kappa shape index (κ1) is 12.6. The number of carbonyl (C=O) groups is 3. The first-order chi connectivity index (χ1) is 6.49. The van der Waals surface area contributed by atoms with Crippen LogP contribution < -0.4 is 0 Å². The Morgan fingerprint density at radius 1 is 1.29 bits per heavy atom. The molecule has 1 N–H and O–H groups in total. The van der Waals surface area contributed by atoms with Crippen molar-refractivity contribution in [1.29, 1.82) is 0 Å². The van der Waals surface area contributed by atoms with E-state index in [1.54, 1.807) is 0 Å². The lowest BCUT2D eigenvalue weighted by Gasteiger charge is -2.06. The predicted octanol–water partition coefficient (Wildman–Crippen LogP) is 0.620. The zero-order chi connectivity index (χ0) is 11.1. The molecule has 0 aromatic heterocycles. The Kier molecular flexibility index (Phi) is 5.52. The molecule has 14 heavy (non-hydrogen) atoms. The van der Waals surface area contributed by atoms with Gasteiger partial charge in [-0.1, -0.05) is 0 Å². The maximum absolute atomic E-state index is 11.2. The SMILES string of the molecule is COC(=O)C(C)C(=O)CCCC(=O)O. The topological polar surface area (TPSA) is 80.7 Å². The Labute approximate surface area is 82.1 Å². The molecule has 0 fully saturated rings. The van der Waals surface area contributed by atoms with Gasteiger partial charge in [0.2, 0.25) is 0 Å². The smallest absolute Gasteiger partial charge is 0.315 e. The van der Waals surface area contributed by atoms with Gasteiger partial charge in [0.15, 0.2) is 0 Å². The molecule has 0 spiro atoms. The summed E-state index contributed by atoms with van der Waals surface area (Å²) in [4.78, 5) is 32.3. The Morgan fingerprint density at radius 2 is 1.86 bits per heavy atom. The van der Waals surface area contributed by atoms with Crippen LogP contribution in [0.1, 0.15) is 26.2 Å². The zero-order valence-corrected chi connectivity index (χ0v) is 8.28. The van der Waals surface area contributed by atoms with Crippen molar-refractivity contribution in [3.8, 4) is 0 Å². The molecule has 0 aliphatic carbocycles. The number of hydrogen-bond donors (Lipinski definition) is 1. The van der Waals surface area contributed by atoms with E-state index >= 15 is 0 Å². The van der Waals surface area contributed by atoms with E-state index in [0.717, 1.165) is 0 Å². The second-order valence-corrected chi connectivity index (χ2v) is 2.96. The van der Waals surface area contributed by atoms with Crippen LogP contribution in [-0.4, -0.2) is 29.9 Å². The molecule has 0 radical (unpaired) electrons. The summed E-state index contributed by atoms with van der Waals surface area (Å²) in [6.07, 6.45) is 0.303. The number of ether oxygens (including phenoxy) is 1. The fourth-order valence-electron chi connectivity index (χ4n) is 0.939. The molecule has 0 aromatic rings. The summed E-state index contributed by atoms with van der Waals surface area (Å²) in [7, 11) is 1.21. The van der Waals surface area contributed by atoms with Gasteiger partial charge in [0, 0.05) is 12.8 Å². The summed E-state index contributed by atoms with van der Waals surface area (Å²) in [6.45, 7) is 1.45. The zero-order valence-electron chi connectivity index (χ0n) is 8.28. The summed E-state index contributed by atoms with van der Waals surface area (Å²) in [6, 6.07) is 0. The van der Waals surface area contributed by atoms with Gasteiger partial charge in [-0.15, -0.1) is 0 Å². The van der Waals surface area contributed by atoms with Gasteiger partial charge in [0.05, 0.1) is 7.11 Å². The maximum Gasteiger partial charge on any atom is 0.315 e. The minimum atomic E-state index is -0.941. The van der Waals surface area contributed by atoms with Crippen molar-refractivity contribution in [2.75, 3.05) is 7.11 Å². The molecule has 0 aliphatic rings. The van der Waals surface area contributed by atoms with Crippen molar-refractivity contribution in [3.05, 3.63) is 0 Å². The van der Waals surface area contributed by atoms with Crippen LogP contribution in [0.2, 0.25) is 0 Å². The van der Waals surface area contributed by atoms with E-state index in [9.17, 15) is 14.4 Å². The molecule has 0 aromatic carbocycles. The van der Waals surface area contributed by atoms with Crippen LogP contribution in [0.4, 0.5) is 0 Å². The quantitative estimate of drug-likeness (QED) is 0.504. The number of esters is 1. The molecule has 0 amide bonds. The predicted molar refractivity (Wildman–Crippen MR) is 47.7 cm³/mol. The molecular weight excluding hydrogens is 188 g/mol. The van der Waals surface area contributed by atoms with Crippen LogP contribution >= 0.6 is 0 Å². The number of carbonyl (C=O) groups excluding carboxylic acids is 2. The molecule has 1 atom stereocenters. The minimum absolute atomic E-state index is 0.0559. The number of rotatable bonds is 6. The lowest BCUT2D eigenvalue weighted by Crippen LogP contribution is -2.22. The summed E-state index contributed by atoms with van der Waals surface area (Å²) >= 11 is 0. The number of methoxy groups -OCH3 is 1. The Hall–Kier alpha value is -1.39. The highest BCUT2D eigenvalue weighted by molar-refractivity contribution is 5.98. The van der Waals surface area contributed by atoms with E-state index in [-0.39, 0.29) is 25.0 Å². The second-order valence-electron chi connectivity index (χ2n) is 2.96. The first-order valence-electron chi connectivity index (χ1n) is 4.31. The van der Waals surface area contributed by atoms with Gasteiger partial charge >= 0.3 is 11.9 Å². The maximum atomic E-state index is 11.2. The average Bonchev–Trinajstić information content (AvgIpc) is 2.14. The van der Waals surface area contributed by atoms with Gasteiger partial charge in [-0.05, 0) is 13.3 Å². The van der Waals surface area contributed by atoms with Crippen molar-refractivity contribution in [1.82, 2.24) is 0 Å². The highest BCUT2D eigenvalue weighted by Gasteiger charge is 2.21. The molecule has 0 saturated heterocycles.